The third-order valence-corrected chi connectivity index (χ3v) is 7.92. The molecular formula is C31H29ClFN5O3. The average molecular weight is 574 g/mol. The van der Waals surface area contributed by atoms with Crippen molar-refractivity contribution in [3.63, 3.8) is 0 Å². The second-order valence-electron chi connectivity index (χ2n) is 10.4. The van der Waals surface area contributed by atoms with Crippen LogP contribution in [0.1, 0.15) is 41.7 Å². The van der Waals surface area contributed by atoms with Gasteiger partial charge in [0.1, 0.15) is 29.3 Å². The van der Waals surface area contributed by atoms with E-state index in [2.05, 4.69) is 33.4 Å². The number of aromatic nitrogens is 2. The lowest BCUT2D eigenvalue weighted by molar-refractivity contribution is -0.120. The van der Waals surface area contributed by atoms with E-state index in [-0.39, 0.29) is 18.1 Å². The molecule has 3 amide bonds. The number of ether oxygens (including phenoxy) is 1. The first-order valence-electron chi connectivity index (χ1n) is 13.4. The predicted octanol–water partition coefficient (Wildman–Crippen LogP) is 5.98. The van der Waals surface area contributed by atoms with Crippen molar-refractivity contribution < 1.29 is 18.7 Å². The number of nitrogens with zero attached hydrogens (tertiary/aromatic N) is 4. The zero-order chi connectivity index (χ0) is 28.7. The number of fused-ring (bicyclic) bond motifs is 1. The molecule has 4 aromatic rings. The summed E-state index contributed by atoms with van der Waals surface area (Å²) < 4.78 is 22.1. The third-order valence-electron chi connectivity index (χ3n) is 7.60. The standard InChI is InChI=1S/C31H29ClFN5O3/c1-19(29-25(32)4-3-5-26(29)33)41-24-10-6-20(7-11-24)16-37-17-22-9-8-21(14-23(22)18-37)30-34-15-28(36(30)2)38-13-12-27(39)35-31(38)40/h3-11,14-15,19H,12-13,16-18H2,1-2H3,(H,35,39,40)/t19-/m1/s1. The Morgan fingerprint density at radius 1 is 1.07 bits per heavy atom. The van der Waals surface area contributed by atoms with E-state index in [4.69, 9.17) is 16.3 Å². The molecule has 6 rings (SSSR count). The molecule has 0 unspecified atom stereocenters. The first-order chi connectivity index (χ1) is 19.8. The molecule has 8 nitrogen and oxygen atoms in total. The minimum atomic E-state index is -0.521. The Morgan fingerprint density at radius 3 is 2.61 bits per heavy atom. The molecule has 1 aromatic heterocycles. The summed E-state index contributed by atoms with van der Waals surface area (Å²) in [4.78, 5) is 32.3. The zero-order valence-corrected chi connectivity index (χ0v) is 23.5. The van der Waals surface area contributed by atoms with Crippen LogP contribution in [0.3, 0.4) is 0 Å². The van der Waals surface area contributed by atoms with Crippen LogP contribution in [0.15, 0.2) is 66.9 Å². The van der Waals surface area contributed by atoms with Crippen LogP contribution >= 0.6 is 11.6 Å². The van der Waals surface area contributed by atoms with Crippen molar-refractivity contribution in [2.45, 2.75) is 39.1 Å². The quantitative estimate of drug-likeness (QED) is 0.294. The number of hydrogen-bond acceptors (Lipinski definition) is 5. The highest BCUT2D eigenvalue weighted by molar-refractivity contribution is 6.31. The van der Waals surface area contributed by atoms with Crippen LogP contribution in [0.25, 0.3) is 11.4 Å². The van der Waals surface area contributed by atoms with Gasteiger partial charge in [-0.3, -0.25) is 19.9 Å². The fourth-order valence-electron chi connectivity index (χ4n) is 5.51. The van der Waals surface area contributed by atoms with Crippen LogP contribution < -0.4 is 15.0 Å². The maximum absolute atomic E-state index is 14.3. The Hall–Kier alpha value is -4.21. The van der Waals surface area contributed by atoms with Gasteiger partial charge in [0.2, 0.25) is 5.91 Å². The van der Waals surface area contributed by atoms with E-state index in [1.165, 1.54) is 17.2 Å². The molecule has 0 radical (unpaired) electrons. The number of anilines is 1. The van der Waals surface area contributed by atoms with Crippen LogP contribution in [-0.2, 0) is 31.5 Å². The molecule has 210 valence electrons. The number of amides is 3. The average Bonchev–Trinajstić information content (AvgIpc) is 3.52. The van der Waals surface area contributed by atoms with E-state index in [9.17, 15) is 14.0 Å². The number of imidazole rings is 1. The zero-order valence-electron chi connectivity index (χ0n) is 22.7. The van der Waals surface area contributed by atoms with E-state index in [0.717, 1.165) is 36.6 Å². The van der Waals surface area contributed by atoms with Gasteiger partial charge in [0, 0.05) is 50.8 Å². The highest BCUT2D eigenvalue weighted by atomic mass is 35.5. The molecule has 41 heavy (non-hydrogen) atoms. The van der Waals surface area contributed by atoms with Gasteiger partial charge in [0.05, 0.1) is 11.2 Å². The number of carbonyl (C=O) groups excluding carboxylic acids is 2. The maximum Gasteiger partial charge on any atom is 0.329 e. The molecular weight excluding hydrogens is 545 g/mol. The number of rotatable bonds is 7. The van der Waals surface area contributed by atoms with Gasteiger partial charge in [-0.25, -0.2) is 14.2 Å². The second-order valence-corrected chi connectivity index (χ2v) is 10.8. The van der Waals surface area contributed by atoms with Crippen molar-refractivity contribution >= 4 is 29.4 Å². The number of urea groups is 1. The fraction of sp³-hybridized carbons (Fsp3) is 0.258. The molecule has 3 heterocycles. The van der Waals surface area contributed by atoms with E-state index in [1.807, 2.05) is 35.9 Å². The lowest BCUT2D eigenvalue weighted by Crippen LogP contribution is -2.50. The van der Waals surface area contributed by atoms with Crippen molar-refractivity contribution in [1.82, 2.24) is 19.8 Å². The minimum Gasteiger partial charge on any atom is -0.486 e. The van der Waals surface area contributed by atoms with Crippen LogP contribution in [0, 0.1) is 5.82 Å². The normalized spacial score (nSPS) is 16.0. The maximum atomic E-state index is 14.3. The summed E-state index contributed by atoms with van der Waals surface area (Å²) in [5.74, 6) is 1.41. The van der Waals surface area contributed by atoms with Gasteiger partial charge >= 0.3 is 6.03 Å². The summed E-state index contributed by atoms with van der Waals surface area (Å²) in [5.41, 5.74) is 4.98. The summed E-state index contributed by atoms with van der Waals surface area (Å²) >= 11 is 6.19. The van der Waals surface area contributed by atoms with E-state index in [1.54, 1.807) is 30.2 Å². The highest BCUT2D eigenvalue weighted by Gasteiger charge is 2.28. The number of imide groups is 1. The number of carbonyl (C=O) groups is 2. The van der Waals surface area contributed by atoms with Crippen molar-refractivity contribution in [3.8, 4) is 17.1 Å². The Kier molecular flexibility index (Phi) is 7.23. The molecule has 0 saturated carbocycles. The molecule has 0 spiro atoms. The fourth-order valence-corrected chi connectivity index (χ4v) is 5.83. The van der Waals surface area contributed by atoms with Crippen molar-refractivity contribution in [2.75, 3.05) is 11.4 Å². The molecule has 2 aliphatic heterocycles. The minimum absolute atomic E-state index is 0.262. The number of nitrogens with one attached hydrogen (secondary N) is 1. The Labute approximate surface area is 242 Å². The summed E-state index contributed by atoms with van der Waals surface area (Å²) in [6.07, 6.45) is 1.41. The van der Waals surface area contributed by atoms with Gasteiger partial charge in [-0.1, -0.05) is 41.9 Å². The molecule has 2 aliphatic rings. The first kappa shape index (κ1) is 27.0. The van der Waals surface area contributed by atoms with Crippen LogP contribution in [-0.4, -0.2) is 32.9 Å². The second kappa shape index (κ2) is 11.0. The highest BCUT2D eigenvalue weighted by Crippen LogP contribution is 2.32. The van der Waals surface area contributed by atoms with Gasteiger partial charge in [0.25, 0.3) is 0 Å². The molecule has 1 atom stereocenters. The third kappa shape index (κ3) is 5.42. The molecule has 1 N–H and O–H groups in total. The number of halogens is 2. The van der Waals surface area contributed by atoms with Crippen molar-refractivity contribution in [2.24, 2.45) is 7.05 Å². The molecule has 1 saturated heterocycles. The van der Waals surface area contributed by atoms with Gasteiger partial charge in [-0.2, -0.15) is 0 Å². The summed E-state index contributed by atoms with van der Waals surface area (Å²) in [6.45, 7) is 4.53. The predicted molar refractivity (Wildman–Crippen MR) is 154 cm³/mol. The van der Waals surface area contributed by atoms with Crippen LogP contribution in [0.2, 0.25) is 5.02 Å². The van der Waals surface area contributed by atoms with Gasteiger partial charge in [-0.15, -0.1) is 0 Å². The molecule has 0 bridgehead atoms. The topological polar surface area (TPSA) is 79.7 Å². The molecule has 0 aliphatic carbocycles. The van der Waals surface area contributed by atoms with E-state index >= 15 is 0 Å². The van der Waals surface area contributed by atoms with Gasteiger partial charge in [-0.05, 0) is 53.9 Å². The summed E-state index contributed by atoms with van der Waals surface area (Å²) in [5, 5.41) is 2.71. The molecule has 3 aromatic carbocycles. The molecule has 10 heteroatoms. The monoisotopic (exact) mass is 573 g/mol. The van der Waals surface area contributed by atoms with Gasteiger partial charge < -0.3 is 9.30 Å². The van der Waals surface area contributed by atoms with Crippen LogP contribution in [0.4, 0.5) is 15.0 Å². The SMILES string of the molecule is C[C@@H](Oc1ccc(CN2Cc3ccc(-c4ncc(N5CCC(=O)NC5=O)n4C)cc3C2)cc1)c1c(F)cccc1Cl. The Balaban J connectivity index is 1.10. The largest absolute Gasteiger partial charge is 0.486 e. The summed E-state index contributed by atoms with van der Waals surface area (Å²) in [6, 6.07) is 18.4. The lowest BCUT2D eigenvalue weighted by atomic mass is 10.1. The number of hydrogen-bond donors (Lipinski definition) is 1. The van der Waals surface area contributed by atoms with Gasteiger partial charge in [0.15, 0.2) is 0 Å². The lowest BCUT2D eigenvalue weighted by Gasteiger charge is -2.26. The summed E-state index contributed by atoms with van der Waals surface area (Å²) in [7, 11) is 1.87. The smallest absolute Gasteiger partial charge is 0.329 e. The number of benzene rings is 3. The van der Waals surface area contributed by atoms with Crippen molar-refractivity contribution in [3.05, 3.63) is 100.0 Å². The molecule has 1 fully saturated rings. The van der Waals surface area contributed by atoms with Crippen LogP contribution in [0.5, 0.6) is 5.75 Å². The Morgan fingerprint density at radius 2 is 1.85 bits per heavy atom. The van der Waals surface area contributed by atoms with Crippen molar-refractivity contribution in [1.29, 1.82) is 0 Å². The van der Waals surface area contributed by atoms with E-state index < -0.39 is 12.1 Å². The Bertz CT molecular complexity index is 1620. The first-order valence-corrected chi connectivity index (χ1v) is 13.8. The van der Waals surface area contributed by atoms with E-state index in [0.29, 0.717) is 28.7 Å².